The van der Waals surface area contributed by atoms with E-state index in [2.05, 4.69) is 4.98 Å². The zero-order valence-corrected chi connectivity index (χ0v) is 11.4. The topological polar surface area (TPSA) is 42.2 Å². The molecule has 0 saturated heterocycles. The first kappa shape index (κ1) is 13.3. The highest BCUT2D eigenvalue weighted by molar-refractivity contribution is 5.52. The molecule has 2 rings (SSSR count). The molecule has 2 N–H and O–H groups in total. The zero-order valence-electron chi connectivity index (χ0n) is 11.4. The first-order valence-electron chi connectivity index (χ1n) is 6.20. The Balaban J connectivity index is 2.31. The average Bonchev–Trinajstić information content (AvgIpc) is 2.41. The molecule has 2 aromatic rings. The quantitative estimate of drug-likeness (QED) is 0.919. The Hall–Kier alpha value is -2.10. The van der Waals surface area contributed by atoms with Crippen molar-refractivity contribution < 1.29 is 4.39 Å². The van der Waals surface area contributed by atoms with E-state index in [1.165, 1.54) is 6.07 Å². The van der Waals surface area contributed by atoms with Crippen molar-refractivity contribution in [2.24, 2.45) is 0 Å². The molecule has 0 fully saturated rings. The summed E-state index contributed by atoms with van der Waals surface area (Å²) in [4.78, 5) is 6.23. The van der Waals surface area contributed by atoms with Gasteiger partial charge in [-0.1, -0.05) is 18.2 Å². The van der Waals surface area contributed by atoms with Crippen molar-refractivity contribution in [3.05, 3.63) is 53.5 Å². The predicted octanol–water partition coefficient (Wildman–Crippen LogP) is 3.31. The van der Waals surface area contributed by atoms with E-state index < -0.39 is 0 Å². The number of pyridine rings is 1. The lowest BCUT2D eigenvalue weighted by atomic mass is 10.1. The van der Waals surface area contributed by atoms with Crippen LogP contribution in [0.2, 0.25) is 0 Å². The van der Waals surface area contributed by atoms with Crippen molar-refractivity contribution in [2.45, 2.75) is 19.9 Å². The fourth-order valence-corrected chi connectivity index (χ4v) is 1.97. The minimum atomic E-state index is -0.200. The van der Waals surface area contributed by atoms with Gasteiger partial charge in [-0.2, -0.15) is 0 Å². The second-order valence-corrected chi connectivity index (χ2v) is 4.71. The van der Waals surface area contributed by atoms with Gasteiger partial charge in [-0.3, -0.25) is 0 Å². The Morgan fingerprint density at radius 1 is 1.32 bits per heavy atom. The van der Waals surface area contributed by atoms with Crippen molar-refractivity contribution >= 4 is 11.5 Å². The summed E-state index contributed by atoms with van der Waals surface area (Å²) in [6.45, 7) is 3.88. The van der Waals surface area contributed by atoms with Gasteiger partial charge in [0.05, 0.1) is 17.9 Å². The van der Waals surface area contributed by atoms with E-state index >= 15 is 0 Å². The number of aryl methyl sites for hydroxylation is 1. The highest BCUT2D eigenvalue weighted by Gasteiger charge is 2.16. The van der Waals surface area contributed by atoms with Crippen molar-refractivity contribution in [2.75, 3.05) is 17.7 Å². The van der Waals surface area contributed by atoms with E-state index in [1.54, 1.807) is 18.3 Å². The maximum atomic E-state index is 13.8. The second kappa shape index (κ2) is 5.26. The summed E-state index contributed by atoms with van der Waals surface area (Å²) in [5.74, 6) is 0.580. The van der Waals surface area contributed by atoms with Crippen LogP contribution in [-0.4, -0.2) is 12.0 Å². The number of aromatic nitrogens is 1. The molecule has 0 bridgehead atoms. The van der Waals surface area contributed by atoms with Crippen LogP contribution in [0, 0.1) is 12.7 Å². The minimum absolute atomic E-state index is 0.100. The molecule has 0 aliphatic carbocycles. The summed E-state index contributed by atoms with van der Waals surface area (Å²) in [6, 6.07) is 8.60. The molecule has 0 aliphatic rings. The SMILES string of the molecule is Cc1cc(N(C)C(C)c2ccccc2F)ncc1N. The fourth-order valence-electron chi connectivity index (χ4n) is 1.97. The van der Waals surface area contributed by atoms with Crippen molar-refractivity contribution in [1.29, 1.82) is 0 Å². The number of benzene rings is 1. The van der Waals surface area contributed by atoms with Crippen LogP contribution in [0.15, 0.2) is 36.5 Å². The van der Waals surface area contributed by atoms with E-state index in [0.29, 0.717) is 11.3 Å². The Morgan fingerprint density at radius 2 is 2.00 bits per heavy atom. The summed E-state index contributed by atoms with van der Waals surface area (Å²) in [7, 11) is 1.90. The molecule has 1 heterocycles. The van der Waals surface area contributed by atoms with E-state index in [1.807, 2.05) is 37.9 Å². The normalized spacial score (nSPS) is 12.2. The van der Waals surface area contributed by atoms with E-state index in [4.69, 9.17) is 5.73 Å². The summed E-state index contributed by atoms with van der Waals surface area (Å²) in [6.07, 6.45) is 1.63. The molecule has 0 amide bonds. The molecular weight excluding hydrogens is 241 g/mol. The molecule has 0 aliphatic heterocycles. The molecule has 0 saturated carbocycles. The Morgan fingerprint density at radius 3 is 2.63 bits per heavy atom. The maximum Gasteiger partial charge on any atom is 0.129 e. The van der Waals surface area contributed by atoms with Crippen LogP contribution in [-0.2, 0) is 0 Å². The van der Waals surface area contributed by atoms with Crippen molar-refractivity contribution in [1.82, 2.24) is 4.98 Å². The number of rotatable bonds is 3. The lowest BCUT2D eigenvalue weighted by Gasteiger charge is -2.27. The largest absolute Gasteiger partial charge is 0.397 e. The summed E-state index contributed by atoms with van der Waals surface area (Å²) < 4.78 is 13.8. The zero-order chi connectivity index (χ0) is 14.0. The molecular formula is C15H18FN3. The molecule has 3 nitrogen and oxygen atoms in total. The molecule has 1 aromatic carbocycles. The Kier molecular flexibility index (Phi) is 3.69. The standard InChI is InChI=1S/C15H18FN3/c1-10-8-15(18-9-14(10)17)19(3)11(2)12-6-4-5-7-13(12)16/h4-9,11H,17H2,1-3H3. The molecule has 1 unspecified atom stereocenters. The highest BCUT2D eigenvalue weighted by Crippen LogP contribution is 2.26. The van der Waals surface area contributed by atoms with Gasteiger partial charge < -0.3 is 10.6 Å². The smallest absolute Gasteiger partial charge is 0.129 e. The molecule has 0 spiro atoms. The first-order chi connectivity index (χ1) is 9.00. The number of anilines is 2. The van der Waals surface area contributed by atoms with Crippen LogP contribution in [0.5, 0.6) is 0 Å². The van der Waals surface area contributed by atoms with Crippen LogP contribution in [0.25, 0.3) is 0 Å². The van der Waals surface area contributed by atoms with Crippen LogP contribution in [0.4, 0.5) is 15.9 Å². The molecule has 1 aromatic heterocycles. The van der Waals surface area contributed by atoms with Gasteiger partial charge in [-0.05, 0) is 31.5 Å². The number of hydrogen-bond acceptors (Lipinski definition) is 3. The number of hydrogen-bond donors (Lipinski definition) is 1. The molecule has 0 radical (unpaired) electrons. The van der Waals surface area contributed by atoms with Gasteiger partial charge in [0.2, 0.25) is 0 Å². The number of halogens is 1. The average molecular weight is 259 g/mol. The van der Waals surface area contributed by atoms with Crippen LogP contribution in [0.3, 0.4) is 0 Å². The third-order valence-corrected chi connectivity index (χ3v) is 3.43. The fraction of sp³-hybridized carbons (Fsp3) is 0.267. The maximum absolute atomic E-state index is 13.8. The van der Waals surface area contributed by atoms with E-state index in [-0.39, 0.29) is 11.9 Å². The lowest BCUT2D eigenvalue weighted by Crippen LogP contribution is -2.23. The van der Waals surface area contributed by atoms with Gasteiger partial charge in [0.1, 0.15) is 11.6 Å². The van der Waals surface area contributed by atoms with Crippen LogP contribution in [0.1, 0.15) is 24.1 Å². The summed E-state index contributed by atoms with van der Waals surface area (Å²) in [5, 5.41) is 0. The monoisotopic (exact) mass is 259 g/mol. The Labute approximate surface area is 112 Å². The molecule has 19 heavy (non-hydrogen) atoms. The van der Waals surface area contributed by atoms with E-state index in [9.17, 15) is 4.39 Å². The highest BCUT2D eigenvalue weighted by atomic mass is 19.1. The summed E-state index contributed by atoms with van der Waals surface area (Å²) >= 11 is 0. The molecule has 1 atom stereocenters. The second-order valence-electron chi connectivity index (χ2n) is 4.71. The van der Waals surface area contributed by atoms with E-state index in [0.717, 1.165) is 11.4 Å². The van der Waals surface area contributed by atoms with Gasteiger partial charge in [-0.25, -0.2) is 9.37 Å². The number of nitrogen functional groups attached to an aromatic ring is 1. The lowest BCUT2D eigenvalue weighted by molar-refractivity contribution is 0.584. The van der Waals surface area contributed by atoms with Gasteiger partial charge in [-0.15, -0.1) is 0 Å². The summed E-state index contributed by atoms with van der Waals surface area (Å²) in [5.41, 5.74) is 8.05. The number of nitrogens with zero attached hydrogens (tertiary/aromatic N) is 2. The van der Waals surface area contributed by atoms with Crippen LogP contribution < -0.4 is 10.6 Å². The predicted molar refractivity (Wildman–Crippen MR) is 76.6 cm³/mol. The van der Waals surface area contributed by atoms with Gasteiger partial charge in [0, 0.05) is 12.6 Å². The first-order valence-corrected chi connectivity index (χ1v) is 6.20. The minimum Gasteiger partial charge on any atom is -0.397 e. The number of nitrogens with two attached hydrogens (primary N) is 1. The van der Waals surface area contributed by atoms with Crippen molar-refractivity contribution in [3.63, 3.8) is 0 Å². The Bertz CT molecular complexity index is 583. The van der Waals surface area contributed by atoms with Crippen molar-refractivity contribution in [3.8, 4) is 0 Å². The molecule has 100 valence electrons. The van der Waals surface area contributed by atoms with Gasteiger partial charge in [0.15, 0.2) is 0 Å². The van der Waals surface area contributed by atoms with Gasteiger partial charge >= 0.3 is 0 Å². The van der Waals surface area contributed by atoms with Gasteiger partial charge in [0.25, 0.3) is 0 Å². The molecule has 4 heteroatoms. The third-order valence-electron chi connectivity index (χ3n) is 3.43. The third kappa shape index (κ3) is 2.67. The van der Waals surface area contributed by atoms with Crippen LogP contribution >= 0.6 is 0 Å².